The summed E-state index contributed by atoms with van der Waals surface area (Å²) in [7, 11) is 0. The van der Waals surface area contributed by atoms with Crippen LogP contribution in [-0.4, -0.2) is 20.3 Å². The minimum Gasteiger partial charge on any atom is -0.389 e. The topological polar surface area (TPSA) is 61.8 Å². The van der Waals surface area contributed by atoms with E-state index in [9.17, 15) is 5.11 Å². The number of hydrogen-bond acceptors (Lipinski definition) is 3. The summed E-state index contributed by atoms with van der Waals surface area (Å²) in [5.41, 5.74) is 3.80. The summed E-state index contributed by atoms with van der Waals surface area (Å²) in [5, 5.41) is 17.5. The number of nitrogens with zero attached hydrogens (tertiary/aromatic N) is 2. The molecule has 0 saturated carbocycles. The van der Waals surface area contributed by atoms with Crippen LogP contribution < -0.4 is 0 Å². The monoisotopic (exact) mass is 239 g/mol. The summed E-state index contributed by atoms with van der Waals surface area (Å²) in [5.74, 6) is 0. The Morgan fingerprint density at radius 2 is 2.17 bits per heavy atom. The van der Waals surface area contributed by atoms with Crippen LogP contribution in [0.5, 0.6) is 0 Å². The molecule has 1 aromatic carbocycles. The van der Waals surface area contributed by atoms with Gasteiger partial charge in [-0.25, -0.2) is 4.98 Å². The van der Waals surface area contributed by atoms with Crippen molar-refractivity contribution < 1.29 is 5.11 Å². The molecule has 4 nitrogen and oxygen atoms in total. The number of aromatic amines is 1. The van der Waals surface area contributed by atoms with Gasteiger partial charge in [0.1, 0.15) is 0 Å². The standard InChI is InChI=1S/C14H13N3O/c1-9(18)10-3-2-4-11(7-10)12-5-6-15-14-13(12)8-16-17-14/h2-9,18H,1H3,(H,15,16,17). The largest absolute Gasteiger partial charge is 0.389 e. The van der Waals surface area contributed by atoms with Crippen molar-refractivity contribution in [2.24, 2.45) is 0 Å². The van der Waals surface area contributed by atoms with Gasteiger partial charge in [0.2, 0.25) is 0 Å². The van der Waals surface area contributed by atoms with Gasteiger partial charge in [0.05, 0.1) is 12.3 Å². The molecule has 0 bridgehead atoms. The van der Waals surface area contributed by atoms with E-state index < -0.39 is 6.10 Å². The number of rotatable bonds is 2. The van der Waals surface area contributed by atoms with Crippen LogP contribution in [0.25, 0.3) is 22.2 Å². The summed E-state index contributed by atoms with van der Waals surface area (Å²) in [6.07, 6.45) is 3.06. The number of H-pyrrole nitrogens is 1. The van der Waals surface area contributed by atoms with Crippen molar-refractivity contribution in [3.8, 4) is 11.1 Å². The Kier molecular flexibility index (Phi) is 2.57. The molecule has 0 radical (unpaired) electrons. The Balaban J connectivity index is 2.20. The number of aliphatic hydroxyl groups excluding tert-OH is 1. The van der Waals surface area contributed by atoms with E-state index in [0.29, 0.717) is 0 Å². The molecule has 18 heavy (non-hydrogen) atoms. The first-order valence-electron chi connectivity index (χ1n) is 5.82. The fourth-order valence-corrected chi connectivity index (χ4v) is 2.07. The van der Waals surface area contributed by atoms with E-state index in [1.165, 1.54) is 0 Å². The lowest BCUT2D eigenvalue weighted by Gasteiger charge is -2.08. The zero-order valence-electron chi connectivity index (χ0n) is 9.96. The number of pyridine rings is 1. The highest BCUT2D eigenvalue weighted by Gasteiger charge is 2.08. The maximum absolute atomic E-state index is 9.64. The van der Waals surface area contributed by atoms with Gasteiger partial charge in [-0.15, -0.1) is 0 Å². The van der Waals surface area contributed by atoms with E-state index in [2.05, 4.69) is 15.2 Å². The van der Waals surface area contributed by atoms with Gasteiger partial charge < -0.3 is 5.11 Å². The number of benzene rings is 1. The Morgan fingerprint density at radius 1 is 1.28 bits per heavy atom. The van der Waals surface area contributed by atoms with Crippen molar-refractivity contribution in [1.82, 2.24) is 15.2 Å². The molecule has 1 unspecified atom stereocenters. The second-order valence-electron chi connectivity index (χ2n) is 4.29. The zero-order valence-corrected chi connectivity index (χ0v) is 9.96. The van der Waals surface area contributed by atoms with E-state index in [1.54, 1.807) is 19.3 Å². The molecule has 4 heteroatoms. The molecule has 0 aliphatic heterocycles. The van der Waals surface area contributed by atoms with Crippen molar-refractivity contribution in [2.75, 3.05) is 0 Å². The highest BCUT2D eigenvalue weighted by atomic mass is 16.3. The van der Waals surface area contributed by atoms with Crippen molar-refractivity contribution in [2.45, 2.75) is 13.0 Å². The van der Waals surface area contributed by atoms with Crippen LogP contribution in [0.15, 0.2) is 42.7 Å². The summed E-state index contributed by atoms with van der Waals surface area (Å²) in [4.78, 5) is 4.22. The van der Waals surface area contributed by atoms with E-state index in [4.69, 9.17) is 0 Å². The molecule has 0 aliphatic rings. The molecule has 90 valence electrons. The van der Waals surface area contributed by atoms with Crippen molar-refractivity contribution in [3.05, 3.63) is 48.3 Å². The third-order valence-corrected chi connectivity index (χ3v) is 3.03. The minimum atomic E-state index is -0.466. The highest BCUT2D eigenvalue weighted by molar-refractivity contribution is 5.92. The predicted molar refractivity (Wildman–Crippen MR) is 70.0 cm³/mol. The van der Waals surface area contributed by atoms with Gasteiger partial charge in [-0.3, -0.25) is 5.10 Å². The third kappa shape index (κ3) is 1.76. The maximum Gasteiger partial charge on any atom is 0.155 e. The molecule has 0 aliphatic carbocycles. The lowest BCUT2D eigenvalue weighted by Crippen LogP contribution is -1.91. The van der Waals surface area contributed by atoms with Crippen LogP contribution >= 0.6 is 0 Å². The van der Waals surface area contributed by atoms with E-state index in [-0.39, 0.29) is 0 Å². The summed E-state index contributed by atoms with van der Waals surface area (Å²) < 4.78 is 0. The predicted octanol–water partition coefficient (Wildman–Crippen LogP) is 2.68. The summed E-state index contributed by atoms with van der Waals surface area (Å²) in [6, 6.07) is 9.84. The molecule has 3 aromatic rings. The zero-order chi connectivity index (χ0) is 12.5. The maximum atomic E-state index is 9.64. The number of aliphatic hydroxyl groups is 1. The SMILES string of the molecule is CC(O)c1cccc(-c2ccnc3[nH]ncc23)c1. The van der Waals surface area contributed by atoms with Crippen LogP contribution in [0, 0.1) is 0 Å². The molecule has 2 aromatic heterocycles. The average molecular weight is 239 g/mol. The lowest BCUT2D eigenvalue weighted by molar-refractivity contribution is 0.199. The molecule has 2 N–H and O–H groups in total. The normalized spacial score (nSPS) is 12.8. The van der Waals surface area contributed by atoms with Gasteiger partial charge >= 0.3 is 0 Å². The van der Waals surface area contributed by atoms with Crippen LogP contribution in [0.4, 0.5) is 0 Å². The molecule has 0 fully saturated rings. The van der Waals surface area contributed by atoms with Gasteiger partial charge in [-0.2, -0.15) is 5.10 Å². The Labute approximate surface area is 104 Å². The minimum absolute atomic E-state index is 0.466. The molecule has 0 saturated heterocycles. The van der Waals surface area contributed by atoms with E-state index in [0.717, 1.165) is 27.7 Å². The summed E-state index contributed by atoms with van der Waals surface area (Å²) in [6.45, 7) is 1.76. The fourth-order valence-electron chi connectivity index (χ4n) is 2.07. The molecular weight excluding hydrogens is 226 g/mol. The smallest absolute Gasteiger partial charge is 0.155 e. The van der Waals surface area contributed by atoms with Crippen LogP contribution in [0.3, 0.4) is 0 Å². The Hall–Kier alpha value is -2.20. The number of fused-ring (bicyclic) bond motifs is 1. The van der Waals surface area contributed by atoms with Crippen LogP contribution in [0.2, 0.25) is 0 Å². The molecule has 0 amide bonds. The van der Waals surface area contributed by atoms with Gasteiger partial charge in [0.15, 0.2) is 5.65 Å². The first-order chi connectivity index (χ1) is 8.75. The average Bonchev–Trinajstić information content (AvgIpc) is 2.87. The molecule has 3 rings (SSSR count). The number of nitrogens with one attached hydrogen (secondary N) is 1. The second kappa shape index (κ2) is 4.23. The van der Waals surface area contributed by atoms with Crippen LogP contribution in [-0.2, 0) is 0 Å². The van der Waals surface area contributed by atoms with Gasteiger partial charge in [0.25, 0.3) is 0 Å². The molecule has 0 spiro atoms. The molecule has 2 heterocycles. The van der Waals surface area contributed by atoms with Crippen molar-refractivity contribution in [3.63, 3.8) is 0 Å². The Morgan fingerprint density at radius 3 is 3.00 bits per heavy atom. The molecular formula is C14H13N3O. The summed E-state index contributed by atoms with van der Waals surface area (Å²) >= 11 is 0. The van der Waals surface area contributed by atoms with Crippen LogP contribution in [0.1, 0.15) is 18.6 Å². The van der Waals surface area contributed by atoms with Crippen molar-refractivity contribution >= 4 is 11.0 Å². The van der Waals surface area contributed by atoms with Gasteiger partial charge in [-0.05, 0) is 35.7 Å². The number of hydrogen-bond donors (Lipinski definition) is 2. The van der Waals surface area contributed by atoms with E-state index >= 15 is 0 Å². The Bertz CT molecular complexity index is 688. The quantitative estimate of drug-likeness (QED) is 0.722. The first-order valence-corrected chi connectivity index (χ1v) is 5.82. The van der Waals surface area contributed by atoms with Crippen molar-refractivity contribution in [1.29, 1.82) is 0 Å². The van der Waals surface area contributed by atoms with E-state index in [1.807, 2.05) is 30.3 Å². The van der Waals surface area contributed by atoms with Gasteiger partial charge in [0, 0.05) is 11.6 Å². The fraction of sp³-hybridized carbons (Fsp3) is 0.143. The number of aromatic nitrogens is 3. The first kappa shape index (κ1) is 10.9. The third-order valence-electron chi connectivity index (χ3n) is 3.03. The highest BCUT2D eigenvalue weighted by Crippen LogP contribution is 2.28. The van der Waals surface area contributed by atoms with Gasteiger partial charge in [-0.1, -0.05) is 18.2 Å². The molecule has 1 atom stereocenters. The second-order valence-corrected chi connectivity index (χ2v) is 4.29. The lowest BCUT2D eigenvalue weighted by atomic mass is 10.00.